The molecule has 0 radical (unpaired) electrons. The number of carbonyl (C=O) groups is 1. The van der Waals surface area contributed by atoms with Gasteiger partial charge in [0.2, 0.25) is 0 Å². The van der Waals surface area contributed by atoms with Crippen molar-refractivity contribution >= 4 is 5.97 Å². The Hall–Kier alpha value is -1.51. The lowest BCUT2D eigenvalue weighted by Crippen LogP contribution is -2.27. The fourth-order valence-corrected chi connectivity index (χ4v) is 1.39. The van der Waals surface area contributed by atoms with Gasteiger partial charge in [-0.2, -0.15) is 0 Å². The molecule has 0 atom stereocenters. The summed E-state index contributed by atoms with van der Waals surface area (Å²) < 4.78 is 11.1. The summed E-state index contributed by atoms with van der Waals surface area (Å²) in [6, 6.07) is 7.14. The Morgan fingerprint density at radius 3 is 2.00 bits per heavy atom. The molecule has 3 heteroatoms. The molecule has 3 nitrogen and oxygen atoms in total. The summed E-state index contributed by atoms with van der Waals surface area (Å²) in [6.45, 7) is 11.4. The third-order valence-electron chi connectivity index (χ3n) is 1.92. The summed E-state index contributed by atoms with van der Waals surface area (Å²) in [5.41, 5.74) is -0.397. The van der Waals surface area contributed by atoms with Gasteiger partial charge in [-0.25, -0.2) is 4.79 Å². The molecule has 0 spiro atoms. The summed E-state index contributed by atoms with van der Waals surface area (Å²) in [5, 5.41) is 0. The number of hydrogen-bond acceptors (Lipinski definition) is 3. The highest BCUT2D eigenvalue weighted by Gasteiger charge is 2.22. The van der Waals surface area contributed by atoms with E-state index in [0.717, 1.165) is 0 Å². The first kappa shape index (κ1) is 14.6. The lowest BCUT2D eigenvalue weighted by Gasteiger charge is -2.24. The van der Waals surface area contributed by atoms with Gasteiger partial charge in [0.15, 0.2) is 0 Å². The summed E-state index contributed by atoms with van der Waals surface area (Å²) >= 11 is 0. The van der Waals surface area contributed by atoms with E-state index in [1.807, 2.05) is 47.6 Å². The number of para-hydroxylation sites is 1. The second kappa shape index (κ2) is 5.01. The predicted molar refractivity (Wildman–Crippen MR) is 72.0 cm³/mol. The van der Waals surface area contributed by atoms with Crippen molar-refractivity contribution in [1.29, 1.82) is 0 Å². The fourth-order valence-electron chi connectivity index (χ4n) is 1.39. The van der Waals surface area contributed by atoms with Gasteiger partial charge in [-0.05, 0) is 53.7 Å². The van der Waals surface area contributed by atoms with Crippen molar-refractivity contribution in [2.24, 2.45) is 0 Å². The molecule has 0 bridgehead atoms. The zero-order chi connectivity index (χ0) is 14.0. The van der Waals surface area contributed by atoms with E-state index in [1.165, 1.54) is 0 Å². The molecule has 0 saturated carbocycles. The van der Waals surface area contributed by atoms with Gasteiger partial charge in [0.1, 0.15) is 22.5 Å². The van der Waals surface area contributed by atoms with Gasteiger partial charge < -0.3 is 9.47 Å². The monoisotopic (exact) mass is 250 g/mol. The van der Waals surface area contributed by atoms with Crippen LogP contribution in [0, 0.1) is 0 Å². The third-order valence-corrected chi connectivity index (χ3v) is 1.92. The standard InChI is InChI=1S/C15H22O3/c1-14(2,3)17-12-10-8-7-9-11(12)13(16)18-15(4,5)6/h7-10H,1-6H3. The number of ether oxygens (including phenoxy) is 2. The van der Waals surface area contributed by atoms with Gasteiger partial charge in [0, 0.05) is 0 Å². The number of esters is 1. The quantitative estimate of drug-likeness (QED) is 0.748. The first-order chi connectivity index (χ1) is 8.08. The smallest absolute Gasteiger partial charge is 0.342 e. The average Bonchev–Trinajstić information content (AvgIpc) is 2.12. The normalized spacial score (nSPS) is 12.1. The van der Waals surface area contributed by atoms with Crippen LogP contribution in [-0.2, 0) is 4.74 Å². The number of hydrogen-bond donors (Lipinski definition) is 0. The van der Waals surface area contributed by atoms with E-state index in [2.05, 4.69) is 0 Å². The molecule has 0 fully saturated rings. The minimum absolute atomic E-state index is 0.349. The first-order valence-electron chi connectivity index (χ1n) is 6.10. The predicted octanol–water partition coefficient (Wildman–Crippen LogP) is 3.82. The molecular weight excluding hydrogens is 228 g/mol. The molecule has 0 heterocycles. The van der Waals surface area contributed by atoms with Crippen LogP contribution in [0.4, 0.5) is 0 Å². The van der Waals surface area contributed by atoms with Gasteiger partial charge in [0.25, 0.3) is 0 Å². The Labute approximate surface area is 109 Å². The molecule has 1 aromatic rings. The van der Waals surface area contributed by atoms with E-state index in [0.29, 0.717) is 11.3 Å². The van der Waals surface area contributed by atoms with Crippen LogP contribution < -0.4 is 4.74 Å². The minimum atomic E-state index is -0.508. The highest BCUT2D eigenvalue weighted by atomic mass is 16.6. The van der Waals surface area contributed by atoms with Gasteiger partial charge in [0.05, 0.1) is 0 Å². The van der Waals surface area contributed by atoms with Crippen molar-refractivity contribution < 1.29 is 14.3 Å². The Balaban J connectivity index is 2.99. The van der Waals surface area contributed by atoms with Gasteiger partial charge in [-0.15, -0.1) is 0 Å². The Bertz CT molecular complexity index is 422. The molecule has 0 saturated heterocycles. The maximum absolute atomic E-state index is 12.1. The number of carbonyl (C=O) groups excluding carboxylic acids is 1. The van der Waals surface area contributed by atoms with E-state index in [4.69, 9.17) is 9.47 Å². The zero-order valence-corrected chi connectivity index (χ0v) is 12.0. The van der Waals surface area contributed by atoms with E-state index >= 15 is 0 Å². The van der Waals surface area contributed by atoms with Crippen molar-refractivity contribution in [1.82, 2.24) is 0 Å². The van der Waals surface area contributed by atoms with Gasteiger partial charge in [-0.1, -0.05) is 12.1 Å². The van der Waals surface area contributed by atoms with E-state index in [9.17, 15) is 4.79 Å². The molecule has 18 heavy (non-hydrogen) atoms. The summed E-state index contributed by atoms with van der Waals surface area (Å²) in [7, 11) is 0. The first-order valence-corrected chi connectivity index (χ1v) is 6.10. The summed E-state index contributed by atoms with van der Waals surface area (Å²) in [4.78, 5) is 12.1. The molecule has 0 aliphatic carbocycles. The van der Waals surface area contributed by atoms with E-state index < -0.39 is 5.60 Å². The van der Waals surface area contributed by atoms with Crippen molar-refractivity contribution in [2.75, 3.05) is 0 Å². The lowest BCUT2D eigenvalue weighted by atomic mass is 10.1. The van der Waals surface area contributed by atoms with Crippen LogP contribution in [0.1, 0.15) is 51.9 Å². The number of benzene rings is 1. The largest absolute Gasteiger partial charge is 0.487 e. The highest BCUT2D eigenvalue weighted by molar-refractivity contribution is 5.92. The number of rotatable bonds is 2. The molecule has 0 aliphatic heterocycles. The summed E-state index contributed by atoms with van der Waals surface area (Å²) in [6.07, 6.45) is 0. The van der Waals surface area contributed by atoms with Crippen molar-refractivity contribution in [2.45, 2.75) is 52.7 Å². The van der Waals surface area contributed by atoms with Crippen LogP contribution in [0.2, 0.25) is 0 Å². The Morgan fingerprint density at radius 2 is 1.50 bits per heavy atom. The van der Waals surface area contributed by atoms with Crippen LogP contribution in [0.15, 0.2) is 24.3 Å². The SMILES string of the molecule is CC(C)(C)OC(=O)c1ccccc1OC(C)(C)C. The molecule has 0 unspecified atom stereocenters. The second-order valence-corrected chi connectivity index (χ2v) is 6.21. The van der Waals surface area contributed by atoms with Gasteiger partial charge in [-0.3, -0.25) is 0 Å². The van der Waals surface area contributed by atoms with Crippen molar-refractivity contribution in [3.63, 3.8) is 0 Å². The van der Waals surface area contributed by atoms with E-state index in [1.54, 1.807) is 18.2 Å². The van der Waals surface area contributed by atoms with E-state index in [-0.39, 0.29) is 11.6 Å². The molecule has 100 valence electrons. The molecule has 0 aromatic heterocycles. The molecular formula is C15H22O3. The summed E-state index contributed by atoms with van der Waals surface area (Å²) in [5.74, 6) is 0.196. The fraction of sp³-hybridized carbons (Fsp3) is 0.533. The van der Waals surface area contributed by atoms with Crippen molar-refractivity contribution in [3.8, 4) is 5.75 Å². The zero-order valence-electron chi connectivity index (χ0n) is 12.0. The Morgan fingerprint density at radius 1 is 0.944 bits per heavy atom. The average molecular weight is 250 g/mol. The van der Waals surface area contributed by atoms with Crippen molar-refractivity contribution in [3.05, 3.63) is 29.8 Å². The van der Waals surface area contributed by atoms with Crippen LogP contribution in [0.25, 0.3) is 0 Å². The second-order valence-electron chi connectivity index (χ2n) is 6.21. The molecule has 0 N–H and O–H groups in total. The van der Waals surface area contributed by atoms with Crippen LogP contribution in [0.3, 0.4) is 0 Å². The molecule has 1 aromatic carbocycles. The Kier molecular flexibility index (Phi) is 4.05. The lowest BCUT2D eigenvalue weighted by molar-refractivity contribution is 0.00616. The van der Waals surface area contributed by atoms with Crippen LogP contribution in [-0.4, -0.2) is 17.2 Å². The highest BCUT2D eigenvalue weighted by Crippen LogP contribution is 2.25. The molecule has 1 rings (SSSR count). The molecule has 0 amide bonds. The minimum Gasteiger partial charge on any atom is -0.487 e. The third kappa shape index (κ3) is 4.78. The maximum atomic E-state index is 12.1. The van der Waals surface area contributed by atoms with Gasteiger partial charge >= 0.3 is 5.97 Å². The topological polar surface area (TPSA) is 35.5 Å². The van der Waals surface area contributed by atoms with Crippen LogP contribution in [0.5, 0.6) is 5.75 Å². The maximum Gasteiger partial charge on any atom is 0.342 e. The van der Waals surface area contributed by atoms with Crippen LogP contribution >= 0.6 is 0 Å². The molecule has 0 aliphatic rings.